The summed E-state index contributed by atoms with van der Waals surface area (Å²) >= 11 is 0. The van der Waals surface area contributed by atoms with Gasteiger partial charge in [0.1, 0.15) is 17.5 Å². The minimum atomic E-state index is -0.246. The first-order valence-corrected chi connectivity index (χ1v) is 10.9. The lowest BCUT2D eigenvalue weighted by molar-refractivity contribution is -0.146. The van der Waals surface area contributed by atoms with Crippen LogP contribution in [0.2, 0.25) is 0 Å². The first kappa shape index (κ1) is 19.9. The highest BCUT2D eigenvalue weighted by Crippen LogP contribution is 2.53. The number of H-pyrrole nitrogens is 1. The van der Waals surface area contributed by atoms with Crippen LogP contribution in [0.4, 0.5) is 0 Å². The molecule has 0 bridgehead atoms. The largest absolute Gasteiger partial charge is 0.471 e. The molecule has 1 saturated heterocycles. The van der Waals surface area contributed by atoms with Crippen molar-refractivity contribution in [3.05, 3.63) is 36.2 Å². The molecular formula is C23H27N5O3. The number of aromatic nitrogens is 4. The van der Waals surface area contributed by atoms with Crippen molar-refractivity contribution in [1.29, 1.82) is 0 Å². The predicted octanol–water partition coefficient (Wildman–Crippen LogP) is 3.03. The van der Waals surface area contributed by atoms with Crippen molar-refractivity contribution >= 4 is 16.9 Å². The van der Waals surface area contributed by atoms with Crippen molar-refractivity contribution in [3.63, 3.8) is 0 Å². The summed E-state index contributed by atoms with van der Waals surface area (Å²) in [5.41, 5.74) is 3.37. The number of piperidine rings is 1. The average Bonchev–Trinajstić information content (AvgIpc) is 3.38. The van der Waals surface area contributed by atoms with E-state index in [-0.39, 0.29) is 24.6 Å². The number of benzene rings is 1. The topological polar surface area (TPSA) is 102 Å². The molecule has 8 nitrogen and oxygen atoms in total. The highest BCUT2D eigenvalue weighted by molar-refractivity contribution is 5.92. The number of hydrogen-bond donors (Lipinski definition) is 2. The maximum absolute atomic E-state index is 12.1. The quantitative estimate of drug-likeness (QED) is 0.590. The van der Waals surface area contributed by atoms with E-state index >= 15 is 0 Å². The Labute approximate surface area is 180 Å². The van der Waals surface area contributed by atoms with Crippen molar-refractivity contribution in [3.8, 4) is 17.3 Å². The molecule has 0 amide bonds. The van der Waals surface area contributed by atoms with Crippen LogP contribution in [-0.2, 0) is 16.0 Å². The third-order valence-electron chi connectivity index (χ3n) is 6.17. The van der Waals surface area contributed by atoms with E-state index in [0.29, 0.717) is 22.7 Å². The zero-order valence-corrected chi connectivity index (χ0v) is 17.9. The molecule has 1 saturated carbocycles. The highest BCUT2D eigenvalue weighted by Gasteiger charge is 2.52. The summed E-state index contributed by atoms with van der Waals surface area (Å²) in [4.78, 5) is 21.1. The maximum Gasteiger partial charge on any atom is 0.310 e. The molecule has 1 atom stereocenters. The Morgan fingerprint density at radius 3 is 2.94 bits per heavy atom. The molecule has 162 valence electrons. The zero-order valence-electron chi connectivity index (χ0n) is 17.9. The molecule has 2 N–H and O–H groups in total. The van der Waals surface area contributed by atoms with Crippen LogP contribution in [0.5, 0.6) is 5.88 Å². The molecular weight excluding hydrogens is 394 g/mol. The highest BCUT2D eigenvalue weighted by atomic mass is 16.5. The number of hydrogen-bond acceptors (Lipinski definition) is 7. The Morgan fingerprint density at radius 1 is 1.26 bits per heavy atom. The van der Waals surface area contributed by atoms with Crippen LogP contribution >= 0.6 is 0 Å². The summed E-state index contributed by atoms with van der Waals surface area (Å²) in [6, 6.07) is 5.78. The van der Waals surface area contributed by atoms with E-state index in [4.69, 9.17) is 14.5 Å². The first-order valence-electron chi connectivity index (χ1n) is 10.9. The van der Waals surface area contributed by atoms with Gasteiger partial charge in [-0.2, -0.15) is 5.10 Å². The third-order valence-corrected chi connectivity index (χ3v) is 6.17. The van der Waals surface area contributed by atoms with E-state index in [2.05, 4.69) is 20.5 Å². The van der Waals surface area contributed by atoms with Gasteiger partial charge in [-0.05, 0) is 57.4 Å². The van der Waals surface area contributed by atoms with E-state index < -0.39 is 0 Å². The van der Waals surface area contributed by atoms with Gasteiger partial charge in [0, 0.05) is 17.3 Å². The van der Waals surface area contributed by atoms with Gasteiger partial charge in [-0.25, -0.2) is 4.98 Å². The second kappa shape index (κ2) is 7.92. The lowest BCUT2D eigenvalue weighted by Crippen LogP contribution is -2.45. The fourth-order valence-corrected chi connectivity index (χ4v) is 4.35. The molecule has 2 aromatic heterocycles. The number of fused-ring (bicyclic) bond motifs is 1. The summed E-state index contributed by atoms with van der Waals surface area (Å²) in [5, 5.41) is 11.8. The molecule has 1 aromatic carbocycles. The smallest absolute Gasteiger partial charge is 0.310 e. The Kier molecular flexibility index (Phi) is 5.09. The van der Waals surface area contributed by atoms with Gasteiger partial charge >= 0.3 is 5.97 Å². The van der Waals surface area contributed by atoms with Gasteiger partial charge in [0.25, 0.3) is 0 Å². The Bertz CT molecular complexity index is 1110. The lowest BCUT2D eigenvalue weighted by atomic mass is 9.92. The number of nitrogens with zero attached hydrogens (tertiary/aromatic N) is 3. The molecule has 3 heterocycles. The lowest BCUT2D eigenvalue weighted by Gasteiger charge is -2.32. The molecule has 2 aliphatic rings. The number of carbonyl (C=O) groups is 1. The fourth-order valence-electron chi connectivity index (χ4n) is 4.35. The molecule has 0 radical (unpaired) electrons. The minimum absolute atomic E-state index is 0.125. The van der Waals surface area contributed by atoms with Crippen LogP contribution < -0.4 is 10.1 Å². The summed E-state index contributed by atoms with van der Waals surface area (Å²) in [5.74, 6) is 0.273. The molecule has 1 spiro atoms. The average molecular weight is 422 g/mol. The first-order chi connectivity index (χ1) is 15.0. The predicted molar refractivity (Wildman–Crippen MR) is 116 cm³/mol. The number of nitrogens with one attached hydrogen (secondary N) is 2. The Morgan fingerprint density at radius 2 is 2.13 bits per heavy atom. The van der Waals surface area contributed by atoms with Crippen molar-refractivity contribution < 1.29 is 14.3 Å². The number of rotatable bonds is 6. The summed E-state index contributed by atoms with van der Waals surface area (Å²) in [6.07, 6.45) is 7.15. The van der Waals surface area contributed by atoms with E-state index in [9.17, 15) is 4.79 Å². The number of aromatic amines is 1. The fraction of sp³-hybridized carbons (Fsp3) is 0.478. The van der Waals surface area contributed by atoms with Crippen LogP contribution in [0.3, 0.4) is 0 Å². The van der Waals surface area contributed by atoms with Gasteiger partial charge in [0.2, 0.25) is 5.88 Å². The normalized spacial score (nSPS) is 19.6. The zero-order chi connectivity index (χ0) is 21.4. The van der Waals surface area contributed by atoms with Gasteiger partial charge in [-0.1, -0.05) is 6.07 Å². The summed E-state index contributed by atoms with van der Waals surface area (Å²) < 4.78 is 11.5. The van der Waals surface area contributed by atoms with Gasteiger partial charge in [0.05, 0.1) is 30.4 Å². The molecule has 2 fully saturated rings. The molecule has 8 heteroatoms. The van der Waals surface area contributed by atoms with Gasteiger partial charge < -0.3 is 14.8 Å². The third kappa shape index (κ3) is 4.12. The summed E-state index contributed by atoms with van der Waals surface area (Å²) in [7, 11) is 0. The second-order valence-corrected chi connectivity index (χ2v) is 8.83. The van der Waals surface area contributed by atoms with Gasteiger partial charge in [-0.15, -0.1) is 0 Å². The van der Waals surface area contributed by atoms with E-state index in [0.717, 1.165) is 36.0 Å². The Balaban J connectivity index is 1.39. The van der Waals surface area contributed by atoms with E-state index in [1.54, 1.807) is 12.4 Å². The number of esters is 1. The van der Waals surface area contributed by atoms with Crippen molar-refractivity contribution in [2.45, 2.75) is 51.7 Å². The minimum Gasteiger partial charge on any atom is -0.471 e. The van der Waals surface area contributed by atoms with E-state index in [1.807, 2.05) is 32.0 Å². The van der Waals surface area contributed by atoms with E-state index in [1.165, 1.54) is 12.8 Å². The molecule has 3 aromatic rings. The Hall–Kier alpha value is -3.00. The molecule has 31 heavy (non-hydrogen) atoms. The second-order valence-electron chi connectivity index (χ2n) is 8.83. The molecule has 5 rings (SSSR count). The van der Waals surface area contributed by atoms with Crippen molar-refractivity contribution in [2.75, 3.05) is 13.1 Å². The van der Waals surface area contributed by atoms with Crippen LogP contribution in [0.15, 0.2) is 30.6 Å². The molecule has 1 aliphatic carbocycles. The summed E-state index contributed by atoms with van der Waals surface area (Å²) in [6.45, 7) is 5.58. The molecule has 1 aliphatic heterocycles. The number of carbonyl (C=O) groups excluding carboxylic acids is 1. The van der Waals surface area contributed by atoms with Gasteiger partial charge in [-0.3, -0.25) is 14.9 Å². The monoisotopic (exact) mass is 421 g/mol. The maximum atomic E-state index is 12.1. The standard InChI is InChI=1S/C23H27N5O3/c1-14(2)30-21(29)10-15-3-4-17-16(9-15)22(28-27-17)18-11-25-13-20(26-18)31-19-12-24-8-7-23(19)5-6-23/h3-4,9,11,13-14,19,24H,5-8,10,12H2,1-2H3,(H,27,28). The van der Waals surface area contributed by atoms with Crippen LogP contribution in [-0.4, -0.2) is 51.4 Å². The van der Waals surface area contributed by atoms with Crippen LogP contribution in [0.1, 0.15) is 38.7 Å². The van der Waals surface area contributed by atoms with Crippen molar-refractivity contribution in [1.82, 2.24) is 25.5 Å². The SMILES string of the molecule is CC(C)OC(=O)Cc1ccc2[nH]nc(-c3cncc(OC4CNCCC45CC5)n3)c2c1. The van der Waals surface area contributed by atoms with Crippen molar-refractivity contribution in [2.24, 2.45) is 5.41 Å². The number of ether oxygens (including phenoxy) is 2. The van der Waals surface area contributed by atoms with Crippen LogP contribution in [0.25, 0.3) is 22.3 Å². The molecule has 1 unspecified atom stereocenters. The van der Waals surface area contributed by atoms with Gasteiger partial charge in [0.15, 0.2) is 0 Å². The van der Waals surface area contributed by atoms with Crippen LogP contribution in [0, 0.1) is 5.41 Å².